The van der Waals surface area contributed by atoms with E-state index in [9.17, 15) is 9.59 Å². The van der Waals surface area contributed by atoms with Gasteiger partial charge in [0.05, 0.1) is 13.2 Å². The van der Waals surface area contributed by atoms with Crippen molar-refractivity contribution in [3.8, 4) is 5.75 Å². The zero-order valence-corrected chi connectivity index (χ0v) is 14.4. The first-order valence-electron chi connectivity index (χ1n) is 8.04. The molecule has 2 rings (SSSR count). The van der Waals surface area contributed by atoms with E-state index < -0.39 is 0 Å². The van der Waals surface area contributed by atoms with Crippen LogP contribution in [0.25, 0.3) is 0 Å². The SMILES string of the molecule is COc1ccc(C(=O)N2CCN(C(=O)NC[C@H](C)OC)CC2)cc1. The molecule has 1 fully saturated rings. The van der Waals surface area contributed by atoms with Crippen molar-refractivity contribution >= 4 is 11.9 Å². The molecule has 1 saturated heterocycles. The summed E-state index contributed by atoms with van der Waals surface area (Å²) in [5.41, 5.74) is 0.627. The van der Waals surface area contributed by atoms with Crippen molar-refractivity contribution < 1.29 is 19.1 Å². The Bertz CT molecular complexity index is 553. The zero-order valence-electron chi connectivity index (χ0n) is 14.4. The van der Waals surface area contributed by atoms with Crippen LogP contribution >= 0.6 is 0 Å². The minimum atomic E-state index is -0.115. The number of benzene rings is 1. The van der Waals surface area contributed by atoms with Gasteiger partial charge in [0.2, 0.25) is 0 Å². The second kappa shape index (κ2) is 8.54. The Morgan fingerprint density at radius 3 is 2.21 bits per heavy atom. The molecule has 24 heavy (non-hydrogen) atoms. The molecule has 1 aliphatic rings. The van der Waals surface area contributed by atoms with Gasteiger partial charge in [0, 0.05) is 45.4 Å². The van der Waals surface area contributed by atoms with Gasteiger partial charge in [-0.1, -0.05) is 0 Å². The Kier molecular flexibility index (Phi) is 6.43. The summed E-state index contributed by atoms with van der Waals surface area (Å²) >= 11 is 0. The number of hydrogen-bond acceptors (Lipinski definition) is 4. The van der Waals surface area contributed by atoms with Gasteiger partial charge in [-0.2, -0.15) is 0 Å². The molecule has 0 spiro atoms. The fraction of sp³-hybridized carbons (Fsp3) is 0.529. The molecule has 7 heteroatoms. The molecule has 1 N–H and O–H groups in total. The minimum absolute atomic E-state index is 0.0214. The topological polar surface area (TPSA) is 71.1 Å². The van der Waals surface area contributed by atoms with Crippen LogP contribution in [-0.2, 0) is 4.74 Å². The number of nitrogens with zero attached hydrogens (tertiary/aromatic N) is 2. The van der Waals surface area contributed by atoms with E-state index >= 15 is 0 Å². The summed E-state index contributed by atoms with van der Waals surface area (Å²) in [6.07, 6.45) is -0.0214. The number of hydrogen-bond donors (Lipinski definition) is 1. The smallest absolute Gasteiger partial charge is 0.317 e. The van der Waals surface area contributed by atoms with E-state index in [0.29, 0.717) is 38.3 Å². The first-order chi connectivity index (χ1) is 11.5. The van der Waals surface area contributed by atoms with Crippen molar-refractivity contribution in [2.24, 2.45) is 0 Å². The molecule has 0 bridgehead atoms. The monoisotopic (exact) mass is 335 g/mol. The third kappa shape index (κ3) is 4.61. The van der Waals surface area contributed by atoms with Crippen LogP contribution in [0, 0.1) is 0 Å². The molecule has 0 saturated carbocycles. The molecule has 1 heterocycles. The fourth-order valence-electron chi connectivity index (χ4n) is 2.45. The van der Waals surface area contributed by atoms with E-state index in [4.69, 9.17) is 9.47 Å². The van der Waals surface area contributed by atoms with Gasteiger partial charge in [-0.25, -0.2) is 4.79 Å². The van der Waals surface area contributed by atoms with Gasteiger partial charge in [0.1, 0.15) is 5.75 Å². The average molecular weight is 335 g/mol. The van der Waals surface area contributed by atoms with Crippen LogP contribution in [0.3, 0.4) is 0 Å². The number of carbonyl (C=O) groups is 2. The van der Waals surface area contributed by atoms with Gasteiger partial charge in [-0.05, 0) is 31.2 Å². The molecule has 1 atom stereocenters. The van der Waals surface area contributed by atoms with Crippen molar-refractivity contribution in [1.29, 1.82) is 0 Å². The van der Waals surface area contributed by atoms with E-state index in [1.807, 2.05) is 6.92 Å². The van der Waals surface area contributed by atoms with Crippen LogP contribution in [0.5, 0.6) is 5.75 Å². The molecule has 1 aliphatic heterocycles. The van der Waals surface area contributed by atoms with Gasteiger partial charge in [0.15, 0.2) is 0 Å². The van der Waals surface area contributed by atoms with Gasteiger partial charge in [-0.3, -0.25) is 4.79 Å². The van der Waals surface area contributed by atoms with E-state index in [2.05, 4.69) is 5.32 Å². The second-order valence-electron chi connectivity index (χ2n) is 5.74. The van der Waals surface area contributed by atoms with E-state index in [0.717, 1.165) is 5.75 Å². The lowest BCUT2D eigenvalue weighted by Gasteiger charge is -2.35. The molecule has 0 radical (unpaired) electrons. The number of piperazine rings is 1. The third-order valence-electron chi connectivity index (χ3n) is 4.13. The second-order valence-corrected chi connectivity index (χ2v) is 5.74. The Balaban J connectivity index is 1.83. The maximum Gasteiger partial charge on any atom is 0.317 e. The van der Waals surface area contributed by atoms with Crippen LogP contribution in [0.15, 0.2) is 24.3 Å². The average Bonchev–Trinajstić information content (AvgIpc) is 2.65. The molecule has 1 aromatic rings. The molecule has 132 valence electrons. The molecule has 7 nitrogen and oxygen atoms in total. The fourth-order valence-corrected chi connectivity index (χ4v) is 2.45. The standard InChI is InChI=1S/C17H25N3O4/c1-13(23-2)12-18-17(22)20-10-8-19(9-11-20)16(21)14-4-6-15(24-3)7-5-14/h4-7,13H,8-12H2,1-3H3,(H,18,22)/t13-/m0/s1. The third-order valence-corrected chi connectivity index (χ3v) is 4.13. The van der Waals surface area contributed by atoms with Crippen molar-refractivity contribution in [2.75, 3.05) is 46.9 Å². The van der Waals surface area contributed by atoms with Crippen LogP contribution < -0.4 is 10.1 Å². The van der Waals surface area contributed by atoms with Gasteiger partial charge < -0.3 is 24.6 Å². The lowest BCUT2D eigenvalue weighted by atomic mass is 10.1. The number of ether oxygens (including phenoxy) is 2. The van der Waals surface area contributed by atoms with Crippen LogP contribution in [0.1, 0.15) is 17.3 Å². The summed E-state index contributed by atoms with van der Waals surface area (Å²) in [5.74, 6) is 0.698. The predicted molar refractivity (Wildman–Crippen MR) is 90.3 cm³/mol. The summed E-state index contributed by atoms with van der Waals surface area (Å²) in [7, 11) is 3.20. The quantitative estimate of drug-likeness (QED) is 0.878. The van der Waals surface area contributed by atoms with Gasteiger partial charge >= 0.3 is 6.03 Å². The lowest BCUT2D eigenvalue weighted by molar-refractivity contribution is 0.0660. The van der Waals surface area contributed by atoms with Crippen molar-refractivity contribution in [2.45, 2.75) is 13.0 Å². The summed E-state index contributed by atoms with van der Waals surface area (Å²) in [6.45, 7) is 4.46. The first kappa shape index (κ1) is 18.1. The van der Waals surface area contributed by atoms with Crippen LogP contribution in [0.2, 0.25) is 0 Å². The molecule has 0 aliphatic carbocycles. The molecule has 3 amide bonds. The highest BCUT2D eigenvalue weighted by molar-refractivity contribution is 5.94. The Morgan fingerprint density at radius 2 is 1.67 bits per heavy atom. The Hall–Kier alpha value is -2.28. The van der Waals surface area contributed by atoms with Crippen LogP contribution in [0.4, 0.5) is 4.79 Å². The van der Waals surface area contributed by atoms with Gasteiger partial charge in [0.25, 0.3) is 5.91 Å². The Labute approximate surface area is 142 Å². The summed E-state index contributed by atoms with van der Waals surface area (Å²) in [5, 5.41) is 2.84. The minimum Gasteiger partial charge on any atom is -0.497 e. The lowest BCUT2D eigenvalue weighted by Crippen LogP contribution is -2.53. The Morgan fingerprint density at radius 1 is 1.08 bits per heavy atom. The van der Waals surface area contributed by atoms with E-state index in [1.54, 1.807) is 48.3 Å². The number of carbonyl (C=O) groups excluding carboxylic acids is 2. The normalized spacial score (nSPS) is 15.8. The summed E-state index contributed by atoms with van der Waals surface area (Å²) in [6, 6.07) is 6.94. The predicted octanol–water partition coefficient (Wildman–Crippen LogP) is 1.20. The van der Waals surface area contributed by atoms with Gasteiger partial charge in [-0.15, -0.1) is 0 Å². The largest absolute Gasteiger partial charge is 0.497 e. The van der Waals surface area contributed by atoms with E-state index in [-0.39, 0.29) is 18.0 Å². The van der Waals surface area contributed by atoms with Crippen molar-refractivity contribution in [1.82, 2.24) is 15.1 Å². The van der Waals surface area contributed by atoms with Crippen molar-refractivity contribution in [3.05, 3.63) is 29.8 Å². The van der Waals surface area contributed by atoms with E-state index in [1.165, 1.54) is 0 Å². The molecular weight excluding hydrogens is 310 g/mol. The van der Waals surface area contributed by atoms with Crippen LogP contribution in [-0.4, -0.2) is 74.8 Å². The number of nitrogens with one attached hydrogen (secondary N) is 1. The number of urea groups is 1. The molecule has 0 aromatic heterocycles. The first-order valence-corrected chi connectivity index (χ1v) is 8.04. The highest BCUT2D eigenvalue weighted by Gasteiger charge is 2.24. The molecular formula is C17H25N3O4. The molecule has 1 aromatic carbocycles. The zero-order chi connectivity index (χ0) is 17.5. The maximum atomic E-state index is 12.5. The molecule has 0 unspecified atom stereocenters. The highest BCUT2D eigenvalue weighted by atomic mass is 16.5. The summed E-state index contributed by atoms with van der Waals surface area (Å²) in [4.78, 5) is 28.0. The maximum absolute atomic E-state index is 12.5. The van der Waals surface area contributed by atoms with Crippen molar-refractivity contribution in [3.63, 3.8) is 0 Å². The number of rotatable bonds is 5. The number of amides is 3. The summed E-state index contributed by atoms with van der Waals surface area (Å²) < 4.78 is 10.2. The number of methoxy groups -OCH3 is 2. The highest BCUT2D eigenvalue weighted by Crippen LogP contribution is 2.14.